The third kappa shape index (κ3) is 1.45. The maximum Gasteiger partial charge on any atom is 0.0946 e. The van der Waals surface area contributed by atoms with E-state index in [4.69, 9.17) is 0 Å². The molecule has 0 aliphatic rings. The van der Waals surface area contributed by atoms with Crippen LogP contribution < -0.4 is 0 Å². The Hall–Kier alpha value is -1.28. The Labute approximate surface area is 101 Å². The van der Waals surface area contributed by atoms with E-state index in [2.05, 4.69) is 21.5 Å². The van der Waals surface area contributed by atoms with Crippen LogP contribution in [0.15, 0.2) is 24.3 Å². The van der Waals surface area contributed by atoms with Crippen LogP contribution in [0.2, 0.25) is 0 Å². The molecule has 0 amide bonds. The van der Waals surface area contributed by atoms with Gasteiger partial charge in [0.1, 0.15) is 0 Å². The molecule has 0 atom stereocenters. The summed E-state index contributed by atoms with van der Waals surface area (Å²) in [7, 11) is 0. The number of para-hydroxylation sites is 1. The second-order valence-corrected chi connectivity index (χ2v) is 3.15. The van der Waals surface area contributed by atoms with Gasteiger partial charge in [-0.25, -0.2) is 0 Å². The van der Waals surface area contributed by atoms with Gasteiger partial charge in [0, 0.05) is 21.1 Å². The number of rotatable bonds is 0. The molecule has 0 saturated heterocycles. The molecule has 0 unspecified atom stereocenters. The van der Waals surface area contributed by atoms with Crippen molar-refractivity contribution in [1.82, 2.24) is 19.8 Å². The molecule has 0 aliphatic carbocycles. The predicted octanol–water partition coefficient (Wildman–Crippen LogP) is 1.38. The van der Waals surface area contributed by atoms with Gasteiger partial charge in [0.05, 0.1) is 11.3 Å². The summed E-state index contributed by atoms with van der Waals surface area (Å²) >= 11 is 0. The number of hydrogen-bond donors (Lipinski definition) is 0. The molecule has 3 rings (SSSR count). The number of benzene rings is 1. The molecule has 0 N–H and O–H groups in total. The van der Waals surface area contributed by atoms with Gasteiger partial charge in [-0.15, -0.1) is 22.6 Å². The number of hydrogen-bond acceptors (Lipinski definition) is 3. The Morgan fingerprint density at radius 3 is 2.93 bits per heavy atom. The zero-order valence-corrected chi connectivity index (χ0v) is 10.9. The predicted molar refractivity (Wildman–Crippen MR) is 51.9 cm³/mol. The fraction of sp³-hybridized carbons (Fsp3) is 0.100. The Morgan fingerprint density at radius 2 is 2.07 bits per heavy atom. The number of nitrogens with zero attached hydrogens (tertiary/aromatic N) is 4. The van der Waals surface area contributed by atoms with Gasteiger partial charge in [0.2, 0.25) is 0 Å². The summed E-state index contributed by atoms with van der Waals surface area (Å²) in [5.41, 5.74) is 2.58. The number of fused-ring (bicyclic) bond motifs is 3. The monoisotopic (exact) mass is 367 g/mol. The quantitative estimate of drug-likeness (QED) is 0.564. The normalized spacial score (nSPS) is 10.5. The van der Waals surface area contributed by atoms with E-state index in [0.29, 0.717) is 0 Å². The summed E-state index contributed by atoms with van der Waals surface area (Å²) in [4.78, 5) is 4.18. The summed E-state index contributed by atoms with van der Waals surface area (Å²) < 4.78 is 1.74. The van der Waals surface area contributed by atoms with Crippen molar-refractivity contribution >= 4 is 16.6 Å². The van der Waals surface area contributed by atoms with Crippen LogP contribution >= 0.6 is 0 Å². The summed E-state index contributed by atoms with van der Waals surface area (Å²) in [6.07, 6.45) is 2.97. The second kappa shape index (κ2) is 3.70. The minimum absolute atomic E-state index is 0. The fourth-order valence-corrected chi connectivity index (χ4v) is 1.51. The molecule has 15 heavy (non-hydrogen) atoms. The molecule has 0 bridgehead atoms. The summed E-state index contributed by atoms with van der Waals surface area (Å²) in [6, 6.07) is 7.86. The smallest absolute Gasteiger partial charge is 0.0946 e. The van der Waals surface area contributed by atoms with Gasteiger partial charge in [0.15, 0.2) is 0 Å². The van der Waals surface area contributed by atoms with Gasteiger partial charge in [-0.1, -0.05) is 17.3 Å². The van der Waals surface area contributed by atoms with Crippen LogP contribution in [0.4, 0.5) is 0 Å². The van der Waals surface area contributed by atoms with E-state index < -0.39 is 0 Å². The minimum Gasteiger partial charge on any atom is -0.333 e. The zero-order valence-electron chi connectivity index (χ0n) is 8.01. The van der Waals surface area contributed by atoms with E-state index >= 15 is 0 Å². The van der Waals surface area contributed by atoms with Gasteiger partial charge < -0.3 is 4.98 Å². The molecule has 74 valence electrons. The standard InChI is InChI=1S/C10H7N4.W/c1-7-10-11-6-8-4-2-3-5-9(8)14(10)13-12-7;/h2-5H,1H3;/q-1;. The molecule has 0 spiro atoms. The third-order valence-electron chi connectivity index (χ3n) is 2.22. The van der Waals surface area contributed by atoms with Crippen LogP contribution in [0.5, 0.6) is 0 Å². The van der Waals surface area contributed by atoms with Crippen LogP contribution in [-0.2, 0) is 21.1 Å². The molecule has 0 radical (unpaired) electrons. The molecule has 5 heteroatoms. The van der Waals surface area contributed by atoms with E-state index in [0.717, 1.165) is 22.2 Å². The van der Waals surface area contributed by atoms with E-state index in [1.807, 2.05) is 31.2 Å². The summed E-state index contributed by atoms with van der Waals surface area (Å²) in [6.45, 7) is 1.89. The Kier molecular flexibility index (Phi) is 2.53. The van der Waals surface area contributed by atoms with Crippen molar-refractivity contribution in [2.45, 2.75) is 6.92 Å². The third-order valence-corrected chi connectivity index (χ3v) is 2.22. The molecule has 2 aromatic heterocycles. The van der Waals surface area contributed by atoms with Crippen LogP contribution in [0, 0.1) is 13.1 Å². The summed E-state index contributed by atoms with van der Waals surface area (Å²) in [5.74, 6) is 0. The number of aromatic nitrogens is 4. The van der Waals surface area contributed by atoms with Crippen molar-refractivity contribution < 1.29 is 21.1 Å². The first kappa shape index (κ1) is 10.2. The van der Waals surface area contributed by atoms with E-state index in [1.54, 1.807) is 4.52 Å². The fourth-order valence-electron chi connectivity index (χ4n) is 1.51. The van der Waals surface area contributed by atoms with Gasteiger partial charge in [-0.2, -0.15) is 0 Å². The van der Waals surface area contributed by atoms with Crippen LogP contribution in [0.25, 0.3) is 16.6 Å². The average Bonchev–Trinajstić information content (AvgIpc) is 2.61. The minimum atomic E-state index is 0. The van der Waals surface area contributed by atoms with E-state index in [-0.39, 0.29) is 21.1 Å². The van der Waals surface area contributed by atoms with Crippen molar-refractivity contribution in [2.24, 2.45) is 0 Å². The van der Waals surface area contributed by atoms with E-state index in [9.17, 15) is 0 Å². The molecule has 0 aliphatic heterocycles. The Bertz CT molecular complexity index is 617. The van der Waals surface area contributed by atoms with Crippen LogP contribution in [0.3, 0.4) is 0 Å². The maximum atomic E-state index is 4.18. The molecule has 2 heterocycles. The van der Waals surface area contributed by atoms with Crippen LogP contribution in [-0.4, -0.2) is 19.8 Å². The van der Waals surface area contributed by atoms with Gasteiger partial charge in [-0.05, 0) is 18.6 Å². The van der Waals surface area contributed by atoms with E-state index in [1.165, 1.54) is 0 Å². The first-order valence-electron chi connectivity index (χ1n) is 4.35. The van der Waals surface area contributed by atoms with Crippen molar-refractivity contribution in [3.05, 3.63) is 36.2 Å². The van der Waals surface area contributed by atoms with Gasteiger partial charge in [0.25, 0.3) is 0 Å². The molecule has 0 fully saturated rings. The van der Waals surface area contributed by atoms with Crippen molar-refractivity contribution in [3.8, 4) is 0 Å². The van der Waals surface area contributed by atoms with Gasteiger partial charge in [-0.3, -0.25) is 4.52 Å². The maximum absolute atomic E-state index is 4.18. The Balaban J connectivity index is 0.000000853. The largest absolute Gasteiger partial charge is 0.333 e. The van der Waals surface area contributed by atoms with Crippen molar-refractivity contribution in [2.75, 3.05) is 0 Å². The first-order valence-corrected chi connectivity index (χ1v) is 4.35. The topological polar surface area (TPSA) is 43.1 Å². The first-order chi connectivity index (χ1) is 6.86. The second-order valence-electron chi connectivity index (χ2n) is 3.15. The van der Waals surface area contributed by atoms with Gasteiger partial charge >= 0.3 is 0 Å². The molecular weight excluding hydrogens is 360 g/mol. The summed E-state index contributed by atoms with van der Waals surface area (Å²) in [5, 5.41) is 8.96. The molecule has 0 saturated carbocycles. The SMILES string of the molecule is Cc1nnn2c1n[c-]c1ccccc12.[W]. The molecule has 4 nitrogen and oxygen atoms in total. The van der Waals surface area contributed by atoms with Crippen molar-refractivity contribution in [3.63, 3.8) is 0 Å². The molecule has 1 aromatic carbocycles. The molecular formula is C10H7N4W-. The number of aryl methyl sites for hydroxylation is 1. The van der Waals surface area contributed by atoms with Crippen LogP contribution in [0.1, 0.15) is 5.69 Å². The molecule has 3 aromatic rings. The average molecular weight is 367 g/mol. The van der Waals surface area contributed by atoms with Crippen molar-refractivity contribution in [1.29, 1.82) is 0 Å². The Morgan fingerprint density at radius 1 is 1.27 bits per heavy atom. The zero-order chi connectivity index (χ0) is 9.54.